The number of aliphatic carboxylic acids is 1. The van der Waals surface area contributed by atoms with E-state index in [1.54, 1.807) is 0 Å². The molecule has 0 aliphatic carbocycles. The predicted molar refractivity (Wildman–Crippen MR) is 74.1 cm³/mol. The molecule has 0 aromatic rings. The number of carboxylic acids is 1. The first-order chi connectivity index (χ1) is 9.25. The quantitative estimate of drug-likeness (QED) is 0.813. The Balaban J connectivity index is 1.62. The monoisotopic (exact) mass is 266 g/mol. The molecule has 108 valence electrons. The highest BCUT2D eigenvalue weighted by atomic mass is 16.4. The molecule has 19 heavy (non-hydrogen) atoms. The summed E-state index contributed by atoms with van der Waals surface area (Å²) in [4.78, 5) is 13.4. The van der Waals surface area contributed by atoms with Gasteiger partial charge in [-0.05, 0) is 70.0 Å². The van der Waals surface area contributed by atoms with Crippen LogP contribution in [-0.2, 0) is 4.79 Å². The second-order valence-electron chi connectivity index (χ2n) is 6.54. The predicted octanol–water partition coefficient (Wildman–Crippen LogP) is 1.70. The van der Waals surface area contributed by atoms with Crippen LogP contribution in [0.3, 0.4) is 0 Å². The second-order valence-corrected chi connectivity index (χ2v) is 6.54. The number of hydrogen-bond acceptors (Lipinski definition) is 3. The lowest BCUT2D eigenvalue weighted by molar-refractivity contribution is -0.137. The Bertz CT molecular complexity index is 325. The molecule has 4 atom stereocenters. The zero-order valence-corrected chi connectivity index (χ0v) is 11.7. The average Bonchev–Trinajstić information content (AvgIpc) is 2.41. The van der Waals surface area contributed by atoms with Crippen molar-refractivity contribution in [3.63, 3.8) is 0 Å². The Morgan fingerprint density at radius 1 is 1.26 bits per heavy atom. The SMILES string of the molecule is O=C(O)CCC[C@@H]1NC[C@@H]2CCCN3CCC[C@H]1[C@H]23. The molecule has 0 radical (unpaired) electrons. The number of carboxylic acid groups (broad SMARTS) is 1. The number of nitrogens with one attached hydrogen (secondary N) is 1. The standard InChI is InChI=1S/C15H26N2O2/c18-14(19)7-1-6-13-12-5-3-9-17-8-2-4-11(10-16-13)15(12)17/h11-13,15-16H,1-10H2,(H,18,19)/t11-,12+,13-,15-/m0/s1. The lowest BCUT2D eigenvalue weighted by Crippen LogP contribution is -2.63. The first-order valence-corrected chi connectivity index (χ1v) is 7.95. The maximum atomic E-state index is 10.7. The van der Waals surface area contributed by atoms with E-state index in [-0.39, 0.29) is 0 Å². The van der Waals surface area contributed by atoms with Gasteiger partial charge in [0.15, 0.2) is 0 Å². The summed E-state index contributed by atoms with van der Waals surface area (Å²) >= 11 is 0. The summed E-state index contributed by atoms with van der Waals surface area (Å²) in [5.74, 6) is 0.952. The smallest absolute Gasteiger partial charge is 0.303 e. The van der Waals surface area contributed by atoms with Crippen LogP contribution in [0.15, 0.2) is 0 Å². The number of piperidine rings is 3. The normalized spacial score (nSPS) is 38.7. The molecule has 2 N–H and O–H groups in total. The van der Waals surface area contributed by atoms with Gasteiger partial charge in [0.1, 0.15) is 0 Å². The Morgan fingerprint density at radius 2 is 2.05 bits per heavy atom. The summed E-state index contributed by atoms with van der Waals surface area (Å²) in [5.41, 5.74) is 0. The molecule has 3 rings (SSSR count). The molecule has 0 bridgehead atoms. The third-order valence-corrected chi connectivity index (χ3v) is 5.41. The van der Waals surface area contributed by atoms with Crippen molar-refractivity contribution < 1.29 is 9.90 Å². The summed E-state index contributed by atoms with van der Waals surface area (Å²) in [7, 11) is 0. The van der Waals surface area contributed by atoms with E-state index < -0.39 is 5.97 Å². The summed E-state index contributed by atoms with van der Waals surface area (Å²) in [6.45, 7) is 3.73. The van der Waals surface area contributed by atoms with Crippen molar-refractivity contribution in [3.05, 3.63) is 0 Å². The Kier molecular flexibility index (Phi) is 4.08. The second kappa shape index (κ2) is 5.80. The molecule has 0 aromatic carbocycles. The van der Waals surface area contributed by atoms with Gasteiger partial charge in [0.2, 0.25) is 0 Å². The Labute approximate surface area is 115 Å². The van der Waals surface area contributed by atoms with Crippen molar-refractivity contribution in [2.75, 3.05) is 19.6 Å². The molecule has 0 unspecified atom stereocenters. The van der Waals surface area contributed by atoms with E-state index in [0.717, 1.165) is 37.3 Å². The van der Waals surface area contributed by atoms with Gasteiger partial charge in [0.05, 0.1) is 0 Å². The van der Waals surface area contributed by atoms with Gasteiger partial charge in [0.25, 0.3) is 0 Å². The summed E-state index contributed by atoms with van der Waals surface area (Å²) in [5, 5.41) is 12.5. The van der Waals surface area contributed by atoms with E-state index in [2.05, 4.69) is 10.2 Å². The summed E-state index contributed by atoms with van der Waals surface area (Å²) in [6, 6.07) is 1.35. The third-order valence-electron chi connectivity index (χ3n) is 5.41. The van der Waals surface area contributed by atoms with Crippen LogP contribution in [0.5, 0.6) is 0 Å². The van der Waals surface area contributed by atoms with E-state index in [0.29, 0.717) is 12.5 Å². The average molecular weight is 266 g/mol. The van der Waals surface area contributed by atoms with Crippen molar-refractivity contribution in [2.24, 2.45) is 11.8 Å². The van der Waals surface area contributed by atoms with Crippen LogP contribution in [0, 0.1) is 11.8 Å². The van der Waals surface area contributed by atoms with Crippen molar-refractivity contribution in [1.29, 1.82) is 0 Å². The number of hydrogen-bond donors (Lipinski definition) is 2. The van der Waals surface area contributed by atoms with Gasteiger partial charge in [0, 0.05) is 18.5 Å². The molecule has 0 saturated carbocycles. The Hall–Kier alpha value is -0.610. The van der Waals surface area contributed by atoms with Gasteiger partial charge in [-0.25, -0.2) is 0 Å². The van der Waals surface area contributed by atoms with E-state index >= 15 is 0 Å². The van der Waals surface area contributed by atoms with E-state index in [1.807, 2.05) is 0 Å². The molecule has 3 aliphatic heterocycles. The zero-order chi connectivity index (χ0) is 13.2. The number of carbonyl (C=O) groups is 1. The lowest BCUT2D eigenvalue weighted by Gasteiger charge is -2.54. The fourth-order valence-corrected chi connectivity index (χ4v) is 4.66. The van der Waals surface area contributed by atoms with Crippen molar-refractivity contribution >= 4 is 5.97 Å². The minimum Gasteiger partial charge on any atom is -0.481 e. The van der Waals surface area contributed by atoms with Crippen LogP contribution < -0.4 is 5.32 Å². The Morgan fingerprint density at radius 3 is 2.84 bits per heavy atom. The molecule has 3 fully saturated rings. The van der Waals surface area contributed by atoms with Gasteiger partial charge < -0.3 is 10.4 Å². The zero-order valence-electron chi connectivity index (χ0n) is 11.7. The lowest BCUT2D eigenvalue weighted by atomic mass is 9.70. The maximum absolute atomic E-state index is 10.7. The van der Waals surface area contributed by atoms with Gasteiger partial charge in [-0.2, -0.15) is 0 Å². The molecule has 3 heterocycles. The fraction of sp³-hybridized carbons (Fsp3) is 0.933. The van der Waals surface area contributed by atoms with Gasteiger partial charge >= 0.3 is 5.97 Å². The molecule has 3 saturated heterocycles. The van der Waals surface area contributed by atoms with E-state index in [9.17, 15) is 4.79 Å². The fourth-order valence-electron chi connectivity index (χ4n) is 4.66. The highest BCUT2D eigenvalue weighted by Gasteiger charge is 2.45. The number of nitrogens with zero attached hydrogens (tertiary/aromatic N) is 1. The number of rotatable bonds is 4. The largest absolute Gasteiger partial charge is 0.481 e. The van der Waals surface area contributed by atoms with Gasteiger partial charge in [-0.3, -0.25) is 9.69 Å². The van der Waals surface area contributed by atoms with Crippen LogP contribution in [0.4, 0.5) is 0 Å². The van der Waals surface area contributed by atoms with Crippen LogP contribution in [-0.4, -0.2) is 47.7 Å². The highest BCUT2D eigenvalue weighted by molar-refractivity contribution is 5.66. The molecule has 4 nitrogen and oxygen atoms in total. The maximum Gasteiger partial charge on any atom is 0.303 e. The van der Waals surface area contributed by atoms with E-state index in [4.69, 9.17) is 5.11 Å². The molecule has 3 aliphatic rings. The first-order valence-electron chi connectivity index (χ1n) is 7.95. The topological polar surface area (TPSA) is 52.6 Å². The summed E-state index contributed by atoms with van der Waals surface area (Å²) in [6.07, 6.45) is 7.58. The van der Waals surface area contributed by atoms with Crippen LogP contribution in [0.1, 0.15) is 44.9 Å². The van der Waals surface area contributed by atoms with Gasteiger partial charge in [-0.15, -0.1) is 0 Å². The molecule has 0 aromatic heterocycles. The van der Waals surface area contributed by atoms with Crippen molar-refractivity contribution in [2.45, 2.75) is 57.0 Å². The van der Waals surface area contributed by atoms with Crippen molar-refractivity contribution in [3.8, 4) is 0 Å². The van der Waals surface area contributed by atoms with Crippen molar-refractivity contribution in [1.82, 2.24) is 10.2 Å². The molecule has 4 heteroatoms. The minimum absolute atomic E-state index is 0.322. The van der Waals surface area contributed by atoms with Crippen LogP contribution in [0.2, 0.25) is 0 Å². The van der Waals surface area contributed by atoms with Gasteiger partial charge in [-0.1, -0.05) is 0 Å². The molecule has 0 amide bonds. The third kappa shape index (κ3) is 2.79. The molecular formula is C15H26N2O2. The molecule has 0 spiro atoms. The van der Waals surface area contributed by atoms with Crippen LogP contribution >= 0.6 is 0 Å². The summed E-state index contributed by atoms with van der Waals surface area (Å²) < 4.78 is 0. The van der Waals surface area contributed by atoms with Crippen LogP contribution in [0.25, 0.3) is 0 Å². The van der Waals surface area contributed by atoms with E-state index in [1.165, 1.54) is 38.8 Å². The first kappa shape index (κ1) is 13.4. The highest BCUT2D eigenvalue weighted by Crippen LogP contribution is 2.39. The minimum atomic E-state index is -0.656. The molecular weight excluding hydrogens is 240 g/mol.